The standard InChI is InChI=1S/C26H23F3IN3O4S/c1-15-5-7-20(8-6-15)38(35,36)33-14-22(30)21-11-17(13-31-23(21)33)16-9-18(26(27,28)29)12-19(10-16)32-24(34)37-25(2,3)4/h5-14H,1-4H3,(H,32,34). The van der Waals surface area contributed by atoms with Gasteiger partial charge in [0.1, 0.15) is 5.60 Å². The summed E-state index contributed by atoms with van der Waals surface area (Å²) in [5, 5.41) is 2.79. The molecule has 0 atom stereocenters. The van der Waals surface area contributed by atoms with E-state index in [1.807, 2.05) is 29.5 Å². The summed E-state index contributed by atoms with van der Waals surface area (Å²) in [5.74, 6) is 0. The Morgan fingerprint density at radius 2 is 1.68 bits per heavy atom. The summed E-state index contributed by atoms with van der Waals surface area (Å²) in [6.07, 6.45) is -2.87. The number of hydrogen-bond donors (Lipinski definition) is 1. The van der Waals surface area contributed by atoms with E-state index < -0.39 is 33.5 Å². The van der Waals surface area contributed by atoms with E-state index in [0.29, 0.717) is 14.5 Å². The van der Waals surface area contributed by atoms with Gasteiger partial charge in [0.2, 0.25) is 0 Å². The van der Waals surface area contributed by atoms with Crippen LogP contribution in [0.2, 0.25) is 0 Å². The third-order valence-electron chi connectivity index (χ3n) is 5.38. The van der Waals surface area contributed by atoms with E-state index in [9.17, 15) is 26.4 Å². The van der Waals surface area contributed by atoms with Gasteiger partial charge in [-0.2, -0.15) is 13.2 Å². The number of carbonyl (C=O) groups is 1. The molecule has 0 bridgehead atoms. The molecule has 4 rings (SSSR count). The van der Waals surface area contributed by atoms with Gasteiger partial charge in [-0.1, -0.05) is 17.7 Å². The van der Waals surface area contributed by atoms with Gasteiger partial charge in [-0.05, 0) is 92.2 Å². The van der Waals surface area contributed by atoms with Crippen LogP contribution in [0.5, 0.6) is 0 Å². The second-order valence-electron chi connectivity index (χ2n) is 9.61. The van der Waals surface area contributed by atoms with Crippen LogP contribution >= 0.6 is 22.6 Å². The molecule has 0 unspecified atom stereocenters. The fourth-order valence-corrected chi connectivity index (χ4v) is 5.85. The molecule has 1 N–H and O–H groups in total. The number of fused-ring (bicyclic) bond motifs is 1. The smallest absolute Gasteiger partial charge is 0.416 e. The van der Waals surface area contributed by atoms with Crippen molar-refractivity contribution in [1.82, 2.24) is 8.96 Å². The summed E-state index contributed by atoms with van der Waals surface area (Å²) in [5.41, 5.74) is -0.456. The Morgan fingerprint density at radius 3 is 2.29 bits per heavy atom. The molecule has 0 saturated carbocycles. The molecule has 0 aliphatic rings. The highest BCUT2D eigenvalue weighted by atomic mass is 127. The van der Waals surface area contributed by atoms with Gasteiger partial charge in [-0.3, -0.25) is 5.32 Å². The number of aromatic nitrogens is 2. The number of amides is 1. The molecule has 0 fully saturated rings. The molecular formula is C26H23F3IN3O4S. The van der Waals surface area contributed by atoms with E-state index in [0.717, 1.165) is 21.7 Å². The zero-order valence-corrected chi connectivity index (χ0v) is 23.7. The highest BCUT2D eigenvalue weighted by Gasteiger charge is 2.32. The van der Waals surface area contributed by atoms with Crippen LogP contribution in [0.1, 0.15) is 31.9 Å². The van der Waals surface area contributed by atoms with Gasteiger partial charge in [0.05, 0.1) is 10.5 Å². The number of ether oxygens (including phenoxy) is 1. The second-order valence-corrected chi connectivity index (χ2v) is 12.6. The number of benzene rings is 2. The fourth-order valence-electron chi connectivity index (χ4n) is 3.66. The van der Waals surface area contributed by atoms with Crippen molar-refractivity contribution in [1.29, 1.82) is 0 Å². The highest BCUT2D eigenvalue weighted by Crippen LogP contribution is 2.36. The number of nitrogens with zero attached hydrogens (tertiary/aromatic N) is 2. The van der Waals surface area contributed by atoms with E-state index in [1.165, 1.54) is 30.6 Å². The van der Waals surface area contributed by atoms with Crippen molar-refractivity contribution >= 4 is 55.4 Å². The molecule has 0 spiro atoms. The Kier molecular flexibility index (Phi) is 7.25. The Balaban J connectivity index is 1.79. The fraction of sp³-hybridized carbons (Fsp3) is 0.231. The lowest BCUT2D eigenvalue weighted by Crippen LogP contribution is -2.27. The lowest BCUT2D eigenvalue weighted by atomic mass is 10.0. The number of hydrogen-bond acceptors (Lipinski definition) is 5. The van der Waals surface area contributed by atoms with Crippen molar-refractivity contribution in [2.45, 2.75) is 44.4 Å². The summed E-state index contributed by atoms with van der Waals surface area (Å²) in [6.45, 7) is 6.75. The van der Waals surface area contributed by atoms with E-state index in [2.05, 4.69) is 10.3 Å². The van der Waals surface area contributed by atoms with E-state index >= 15 is 0 Å². The molecule has 12 heteroatoms. The van der Waals surface area contributed by atoms with Gasteiger partial charge in [0, 0.05) is 32.6 Å². The van der Waals surface area contributed by atoms with Crippen LogP contribution in [0.3, 0.4) is 0 Å². The summed E-state index contributed by atoms with van der Waals surface area (Å²) in [4.78, 5) is 16.6. The molecule has 2 aromatic heterocycles. The zero-order chi connectivity index (χ0) is 28.0. The van der Waals surface area contributed by atoms with Crippen LogP contribution in [0.15, 0.2) is 65.8 Å². The maximum absolute atomic E-state index is 13.7. The van der Waals surface area contributed by atoms with Crippen LogP contribution in [-0.2, 0) is 20.9 Å². The van der Waals surface area contributed by atoms with Crippen LogP contribution in [0.4, 0.5) is 23.7 Å². The van der Waals surface area contributed by atoms with Crippen LogP contribution in [-0.4, -0.2) is 29.1 Å². The quantitative estimate of drug-likeness (QED) is 0.234. The topological polar surface area (TPSA) is 90.3 Å². The van der Waals surface area contributed by atoms with Crippen LogP contribution < -0.4 is 5.32 Å². The highest BCUT2D eigenvalue weighted by molar-refractivity contribution is 14.1. The van der Waals surface area contributed by atoms with Crippen molar-refractivity contribution < 1.29 is 31.1 Å². The van der Waals surface area contributed by atoms with Crippen molar-refractivity contribution in [3.63, 3.8) is 0 Å². The molecule has 200 valence electrons. The molecule has 0 aliphatic heterocycles. The molecule has 38 heavy (non-hydrogen) atoms. The first-order valence-electron chi connectivity index (χ1n) is 11.3. The largest absolute Gasteiger partial charge is 0.444 e. The normalized spacial score (nSPS) is 12.5. The lowest BCUT2D eigenvalue weighted by molar-refractivity contribution is -0.137. The molecule has 1 amide bonds. The first-order chi connectivity index (χ1) is 17.5. The number of pyridine rings is 1. The summed E-state index contributed by atoms with van der Waals surface area (Å²) in [7, 11) is -3.96. The minimum atomic E-state index is -4.68. The molecule has 0 saturated heterocycles. The van der Waals surface area contributed by atoms with E-state index in [4.69, 9.17) is 4.74 Å². The monoisotopic (exact) mass is 657 g/mol. The van der Waals surface area contributed by atoms with Crippen LogP contribution in [0, 0.1) is 10.5 Å². The number of anilines is 1. The molecule has 2 heterocycles. The van der Waals surface area contributed by atoms with Crippen molar-refractivity contribution in [3.05, 3.63) is 75.6 Å². The molecule has 2 aromatic carbocycles. The number of carbonyl (C=O) groups excluding carboxylic acids is 1. The van der Waals surface area contributed by atoms with Gasteiger partial charge >= 0.3 is 12.3 Å². The van der Waals surface area contributed by atoms with Crippen molar-refractivity contribution in [3.8, 4) is 11.1 Å². The van der Waals surface area contributed by atoms with Gasteiger partial charge in [0.15, 0.2) is 5.65 Å². The number of rotatable bonds is 4. The number of alkyl halides is 3. The SMILES string of the molecule is Cc1ccc(S(=O)(=O)n2cc(I)c3cc(-c4cc(NC(=O)OC(C)(C)C)cc(C(F)(F)F)c4)cnc32)cc1. The van der Waals surface area contributed by atoms with Gasteiger partial charge in [-0.15, -0.1) is 0 Å². The maximum atomic E-state index is 13.7. The van der Waals surface area contributed by atoms with Gasteiger partial charge in [0.25, 0.3) is 10.0 Å². The second kappa shape index (κ2) is 9.88. The predicted molar refractivity (Wildman–Crippen MR) is 147 cm³/mol. The third kappa shape index (κ3) is 5.96. The summed E-state index contributed by atoms with van der Waals surface area (Å²) < 4.78 is 74.3. The minimum Gasteiger partial charge on any atom is -0.444 e. The molecular weight excluding hydrogens is 634 g/mol. The van der Waals surface area contributed by atoms with Gasteiger partial charge < -0.3 is 4.74 Å². The number of nitrogens with one attached hydrogen (secondary N) is 1. The first kappa shape index (κ1) is 27.9. The van der Waals surface area contributed by atoms with E-state index in [-0.39, 0.29) is 21.8 Å². The van der Waals surface area contributed by atoms with E-state index in [1.54, 1.807) is 39.0 Å². The Hall–Kier alpha value is -3.13. The summed E-state index contributed by atoms with van der Waals surface area (Å²) >= 11 is 1.96. The number of aryl methyl sites for hydroxylation is 1. The summed E-state index contributed by atoms with van der Waals surface area (Å²) in [6, 6.07) is 11.1. The predicted octanol–water partition coefficient (Wildman–Crippen LogP) is 7.22. The molecule has 4 aromatic rings. The Labute approximate surface area is 231 Å². The average Bonchev–Trinajstić information content (AvgIpc) is 3.14. The first-order valence-corrected chi connectivity index (χ1v) is 13.8. The van der Waals surface area contributed by atoms with Gasteiger partial charge in [-0.25, -0.2) is 22.2 Å². The Morgan fingerprint density at radius 1 is 1.03 bits per heavy atom. The zero-order valence-electron chi connectivity index (χ0n) is 20.7. The van der Waals surface area contributed by atoms with Crippen molar-refractivity contribution in [2.24, 2.45) is 0 Å². The average molecular weight is 657 g/mol. The Bertz CT molecular complexity index is 1640. The van der Waals surface area contributed by atoms with Crippen molar-refractivity contribution in [2.75, 3.05) is 5.32 Å². The molecule has 0 aliphatic carbocycles. The molecule has 0 radical (unpaired) electrons. The lowest BCUT2D eigenvalue weighted by Gasteiger charge is -2.20. The molecule has 7 nitrogen and oxygen atoms in total. The number of halogens is 4. The van der Waals surface area contributed by atoms with Crippen LogP contribution in [0.25, 0.3) is 22.2 Å². The minimum absolute atomic E-state index is 0.0815. The third-order valence-corrected chi connectivity index (χ3v) is 7.90. The maximum Gasteiger partial charge on any atom is 0.416 e.